The van der Waals surface area contributed by atoms with E-state index in [9.17, 15) is 4.57 Å². The Labute approximate surface area is 71.5 Å². The predicted octanol–water partition coefficient (Wildman–Crippen LogP) is -1.64. The number of hydrogen-bond donors (Lipinski definition) is 3. The van der Waals surface area contributed by atoms with E-state index >= 15 is 0 Å². The summed E-state index contributed by atoms with van der Waals surface area (Å²) < 4.78 is 10.8. The van der Waals surface area contributed by atoms with Gasteiger partial charge in [0.25, 0.3) is 0 Å². The molecule has 0 saturated carbocycles. The van der Waals surface area contributed by atoms with Crippen LogP contribution in [0.25, 0.3) is 0 Å². The molecule has 0 aliphatic heterocycles. The van der Waals surface area contributed by atoms with Crippen molar-refractivity contribution in [3.63, 3.8) is 0 Å². The summed E-state index contributed by atoms with van der Waals surface area (Å²) in [6, 6.07) is 0. The summed E-state index contributed by atoms with van der Waals surface area (Å²) in [5.74, 6) is -1.55. The highest BCUT2D eigenvalue weighted by Crippen LogP contribution is 2.39. The second-order valence-corrected chi connectivity index (χ2v) is 5.32. The van der Waals surface area contributed by atoms with E-state index in [4.69, 9.17) is 14.9 Å². The number of likely N-dealkylation sites (N-methyl/N-ethyl adjacent to an activating group) is 1. The minimum Gasteiger partial charge on any atom is -0.412 e. The lowest BCUT2D eigenvalue weighted by Crippen LogP contribution is -2.41. The normalized spacial score (nSPS) is 15.2. The van der Waals surface area contributed by atoms with Crippen molar-refractivity contribution in [1.29, 1.82) is 0 Å². The van der Waals surface area contributed by atoms with Gasteiger partial charge in [0.2, 0.25) is 5.85 Å². The zero-order chi connectivity index (χ0) is 9.28. The fourth-order valence-electron chi connectivity index (χ4n) is 0.596. The van der Waals surface area contributed by atoms with Gasteiger partial charge in [-0.2, -0.15) is 0 Å². The second kappa shape index (κ2) is 4.32. The van der Waals surface area contributed by atoms with Gasteiger partial charge < -0.3 is 24.9 Å². The van der Waals surface area contributed by atoms with Crippen LogP contribution < -0.4 is 0 Å². The molecule has 5 N–H and O–H groups in total. The van der Waals surface area contributed by atoms with Crippen LogP contribution in [-0.4, -0.2) is 58.4 Å². The van der Waals surface area contributed by atoms with Gasteiger partial charge in [-0.1, -0.05) is 0 Å². The molecule has 0 heterocycles. The predicted molar refractivity (Wildman–Crippen MR) is 44.6 cm³/mol. The van der Waals surface area contributed by atoms with Crippen molar-refractivity contribution in [3.8, 4) is 0 Å². The maximum absolute atomic E-state index is 10.4. The molecule has 0 fully saturated rings. The Balaban J connectivity index is 0. The van der Waals surface area contributed by atoms with Gasteiger partial charge in [-0.25, -0.2) is 0 Å². The number of nitrogens with zero attached hydrogens (tertiary/aromatic N) is 1. The van der Waals surface area contributed by atoms with Crippen LogP contribution in [0.5, 0.6) is 0 Å². The Kier molecular flexibility index (Phi) is 5.24. The topological polar surface area (TPSA) is 109 Å². The fourth-order valence-corrected chi connectivity index (χ4v) is 1.30. The molecule has 0 saturated heterocycles. The van der Waals surface area contributed by atoms with E-state index in [1.54, 1.807) is 21.1 Å². The molecule has 0 amide bonds. The van der Waals surface area contributed by atoms with Crippen LogP contribution in [0.15, 0.2) is 0 Å². The standard InChI is InChI=1S/C5H14NO4P.H2O/c1-6(2,3)4-5(7)11(8,9)10;/h5,7H,4H2,1-3H3,(H-,8,9,10);1H2/p+1. The smallest absolute Gasteiger partial charge is 0.359 e. The number of quaternary nitrogens is 1. The Morgan fingerprint density at radius 1 is 1.33 bits per heavy atom. The molecule has 0 aromatic heterocycles. The van der Waals surface area contributed by atoms with Crippen LogP contribution in [0.4, 0.5) is 0 Å². The maximum atomic E-state index is 10.4. The quantitative estimate of drug-likeness (QED) is 0.376. The molecule has 0 aromatic rings. The van der Waals surface area contributed by atoms with E-state index in [0.29, 0.717) is 4.48 Å². The van der Waals surface area contributed by atoms with Crippen LogP contribution in [0.1, 0.15) is 0 Å². The van der Waals surface area contributed by atoms with E-state index in [1.165, 1.54) is 0 Å². The SMILES string of the molecule is C[N+](C)(C)CC(O)P(=O)(O)O.O. The maximum Gasteiger partial charge on any atom is 0.359 e. The van der Waals surface area contributed by atoms with E-state index < -0.39 is 13.4 Å². The van der Waals surface area contributed by atoms with Crippen molar-refractivity contribution in [2.75, 3.05) is 27.7 Å². The average molecular weight is 202 g/mol. The van der Waals surface area contributed by atoms with Crippen LogP contribution in [-0.2, 0) is 4.57 Å². The number of rotatable bonds is 3. The molecule has 1 unspecified atom stereocenters. The molecule has 12 heavy (non-hydrogen) atoms. The minimum absolute atomic E-state index is 0. The number of aliphatic hydroxyl groups is 1. The van der Waals surface area contributed by atoms with Gasteiger partial charge in [0.05, 0.1) is 21.1 Å². The van der Waals surface area contributed by atoms with Gasteiger partial charge in [-0.15, -0.1) is 0 Å². The summed E-state index contributed by atoms with van der Waals surface area (Å²) in [5.41, 5.74) is 0. The van der Waals surface area contributed by atoms with Crippen molar-refractivity contribution >= 4 is 7.60 Å². The van der Waals surface area contributed by atoms with E-state index in [1.807, 2.05) is 0 Å². The molecule has 7 heteroatoms. The van der Waals surface area contributed by atoms with Crippen LogP contribution in [0.3, 0.4) is 0 Å². The van der Waals surface area contributed by atoms with Gasteiger partial charge in [-0.3, -0.25) is 4.57 Å². The van der Waals surface area contributed by atoms with Gasteiger partial charge in [0.1, 0.15) is 6.54 Å². The monoisotopic (exact) mass is 202 g/mol. The second-order valence-electron chi connectivity index (χ2n) is 3.54. The van der Waals surface area contributed by atoms with Crippen molar-refractivity contribution in [3.05, 3.63) is 0 Å². The van der Waals surface area contributed by atoms with Crippen molar-refractivity contribution in [2.24, 2.45) is 0 Å². The Morgan fingerprint density at radius 2 is 1.67 bits per heavy atom. The molecule has 0 aromatic carbocycles. The lowest BCUT2D eigenvalue weighted by molar-refractivity contribution is -0.872. The first-order chi connectivity index (χ1) is 4.63. The first kappa shape index (κ1) is 14.5. The minimum atomic E-state index is -4.31. The Bertz CT molecular complexity index is 171. The van der Waals surface area contributed by atoms with Crippen LogP contribution in [0.2, 0.25) is 0 Å². The lowest BCUT2D eigenvalue weighted by Gasteiger charge is -2.26. The third-order valence-corrected chi connectivity index (χ3v) is 2.04. The molecule has 0 bridgehead atoms. The first-order valence-corrected chi connectivity index (χ1v) is 4.85. The van der Waals surface area contributed by atoms with E-state index in [-0.39, 0.29) is 12.0 Å². The molecular formula is C5H17NO5P+. The molecule has 76 valence electrons. The molecule has 6 nitrogen and oxygen atoms in total. The van der Waals surface area contributed by atoms with Gasteiger partial charge in [-0.05, 0) is 0 Å². The van der Waals surface area contributed by atoms with Gasteiger partial charge in [0.15, 0.2) is 0 Å². The van der Waals surface area contributed by atoms with Crippen molar-refractivity contribution in [1.82, 2.24) is 0 Å². The zero-order valence-corrected chi connectivity index (χ0v) is 8.32. The lowest BCUT2D eigenvalue weighted by atomic mass is 10.5. The summed E-state index contributed by atoms with van der Waals surface area (Å²) in [6.07, 6.45) is 0. The summed E-state index contributed by atoms with van der Waals surface area (Å²) in [6.45, 7) is 0.0459. The summed E-state index contributed by atoms with van der Waals surface area (Å²) in [7, 11) is 0.933. The summed E-state index contributed by atoms with van der Waals surface area (Å²) in [4.78, 5) is 17.0. The highest BCUT2D eigenvalue weighted by Gasteiger charge is 2.31. The largest absolute Gasteiger partial charge is 0.412 e. The first-order valence-electron chi connectivity index (χ1n) is 3.17. The third kappa shape index (κ3) is 6.72. The summed E-state index contributed by atoms with van der Waals surface area (Å²) in [5, 5.41) is 8.94. The number of aliphatic hydroxyl groups excluding tert-OH is 1. The van der Waals surface area contributed by atoms with Crippen LogP contribution in [0, 0.1) is 0 Å². The van der Waals surface area contributed by atoms with Gasteiger partial charge >= 0.3 is 7.60 Å². The molecular weight excluding hydrogens is 185 g/mol. The van der Waals surface area contributed by atoms with Crippen LogP contribution >= 0.6 is 7.60 Å². The molecule has 0 rings (SSSR count). The Hall–Kier alpha value is 0.0300. The van der Waals surface area contributed by atoms with E-state index in [0.717, 1.165) is 0 Å². The average Bonchev–Trinajstić information content (AvgIpc) is 1.56. The van der Waals surface area contributed by atoms with Gasteiger partial charge in [0, 0.05) is 0 Å². The third-order valence-electron chi connectivity index (χ3n) is 1.10. The molecule has 0 aliphatic carbocycles. The molecule has 0 aliphatic rings. The fraction of sp³-hybridized carbons (Fsp3) is 1.00. The van der Waals surface area contributed by atoms with Crippen molar-refractivity contribution < 1.29 is 29.4 Å². The zero-order valence-electron chi connectivity index (χ0n) is 7.43. The van der Waals surface area contributed by atoms with E-state index in [2.05, 4.69) is 0 Å². The molecule has 0 radical (unpaired) electrons. The highest BCUT2D eigenvalue weighted by molar-refractivity contribution is 7.52. The molecule has 0 spiro atoms. The number of hydrogen-bond acceptors (Lipinski definition) is 2. The molecule has 1 atom stereocenters. The Morgan fingerprint density at radius 3 is 1.75 bits per heavy atom. The summed E-state index contributed by atoms with van der Waals surface area (Å²) >= 11 is 0. The van der Waals surface area contributed by atoms with Crippen molar-refractivity contribution in [2.45, 2.75) is 5.85 Å². The highest BCUT2D eigenvalue weighted by atomic mass is 31.2.